The predicted molar refractivity (Wildman–Crippen MR) is 76.0 cm³/mol. The van der Waals surface area contributed by atoms with E-state index >= 15 is 0 Å². The fourth-order valence-corrected chi connectivity index (χ4v) is 2.10. The first kappa shape index (κ1) is 11.9. The van der Waals surface area contributed by atoms with Gasteiger partial charge in [-0.2, -0.15) is 0 Å². The molecule has 0 bridgehead atoms. The van der Waals surface area contributed by atoms with Crippen LogP contribution < -0.4 is 5.32 Å². The number of fused-ring (bicyclic) bond motifs is 1. The third kappa shape index (κ3) is 2.34. The highest BCUT2D eigenvalue weighted by Gasteiger charge is 2.09. The highest BCUT2D eigenvalue weighted by atomic mass is 79.9. The summed E-state index contributed by atoms with van der Waals surface area (Å²) in [6.07, 6.45) is 4.86. The van der Waals surface area contributed by atoms with Crippen molar-refractivity contribution < 1.29 is 4.79 Å². The number of nitrogens with one attached hydrogen (secondary N) is 2. The Bertz CT molecular complexity index is 753. The molecule has 3 rings (SSSR count). The zero-order valence-corrected chi connectivity index (χ0v) is 11.3. The van der Waals surface area contributed by atoms with Gasteiger partial charge < -0.3 is 10.3 Å². The van der Waals surface area contributed by atoms with Gasteiger partial charge in [0, 0.05) is 18.0 Å². The Morgan fingerprint density at radius 1 is 1.32 bits per heavy atom. The zero-order valence-electron chi connectivity index (χ0n) is 9.72. The summed E-state index contributed by atoms with van der Waals surface area (Å²) >= 11 is 3.34. The van der Waals surface area contributed by atoms with Crippen LogP contribution >= 0.6 is 15.9 Å². The molecule has 5 nitrogen and oxygen atoms in total. The molecule has 0 saturated heterocycles. The summed E-state index contributed by atoms with van der Waals surface area (Å²) in [7, 11) is 0. The second-order valence-electron chi connectivity index (χ2n) is 3.94. The van der Waals surface area contributed by atoms with E-state index in [2.05, 4.69) is 36.2 Å². The minimum absolute atomic E-state index is 0.177. The minimum Gasteiger partial charge on any atom is -0.345 e. The average Bonchev–Trinajstić information content (AvgIpc) is 2.88. The topological polar surface area (TPSA) is 70.7 Å². The molecule has 2 heterocycles. The van der Waals surface area contributed by atoms with Crippen molar-refractivity contribution in [1.29, 1.82) is 0 Å². The number of pyridine rings is 1. The molecule has 0 unspecified atom stereocenters. The third-order valence-corrected chi connectivity index (χ3v) is 3.34. The minimum atomic E-state index is -0.177. The van der Waals surface area contributed by atoms with Crippen LogP contribution in [0.25, 0.3) is 11.0 Å². The maximum Gasteiger partial charge on any atom is 0.255 e. The van der Waals surface area contributed by atoms with E-state index in [-0.39, 0.29) is 5.91 Å². The van der Waals surface area contributed by atoms with Crippen LogP contribution in [0.2, 0.25) is 0 Å². The van der Waals surface area contributed by atoms with Crippen molar-refractivity contribution in [2.24, 2.45) is 0 Å². The lowest BCUT2D eigenvalue weighted by Crippen LogP contribution is -2.12. The molecule has 0 atom stereocenters. The molecule has 2 aromatic heterocycles. The van der Waals surface area contributed by atoms with Gasteiger partial charge in [0.1, 0.15) is 0 Å². The van der Waals surface area contributed by atoms with Crippen molar-refractivity contribution >= 4 is 38.6 Å². The SMILES string of the molecule is O=C(Nc1ccncc1Br)c1ccc2nc[nH]c2c1. The Labute approximate surface area is 117 Å². The Kier molecular flexibility index (Phi) is 3.00. The van der Waals surface area contributed by atoms with Crippen LogP contribution in [0, 0.1) is 0 Å². The number of aromatic nitrogens is 3. The Hall–Kier alpha value is -2.21. The number of imidazole rings is 1. The molecule has 0 fully saturated rings. The molecule has 6 heteroatoms. The van der Waals surface area contributed by atoms with Crippen LogP contribution in [0.4, 0.5) is 5.69 Å². The maximum absolute atomic E-state index is 12.1. The summed E-state index contributed by atoms with van der Waals surface area (Å²) in [4.78, 5) is 23.2. The van der Waals surface area contributed by atoms with E-state index in [0.29, 0.717) is 11.3 Å². The normalized spacial score (nSPS) is 10.6. The Morgan fingerprint density at radius 3 is 3.05 bits per heavy atom. The van der Waals surface area contributed by atoms with Crippen molar-refractivity contribution in [1.82, 2.24) is 15.0 Å². The molecular formula is C13H9BrN4O. The monoisotopic (exact) mass is 316 g/mol. The van der Waals surface area contributed by atoms with Crippen LogP contribution in [0.15, 0.2) is 47.5 Å². The van der Waals surface area contributed by atoms with Crippen molar-refractivity contribution in [2.75, 3.05) is 5.32 Å². The first-order valence-corrected chi connectivity index (χ1v) is 6.37. The number of hydrogen-bond acceptors (Lipinski definition) is 3. The molecule has 0 aliphatic carbocycles. The first-order chi connectivity index (χ1) is 9.24. The lowest BCUT2D eigenvalue weighted by Gasteiger charge is -2.06. The molecule has 1 aromatic carbocycles. The summed E-state index contributed by atoms with van der Waals surface area (Å²) in [5.74, 6) is -0.177. The summed E-state index contributed by atoms with van der Waals surface area (Å²) < 4.78 is 0.742. The van der Waals surface area contributed by atoms with Gasteiger partial charge in [-0.25, -0.2) is 4.98 Å². The molecular weight excluding hydrogens is 308 g/mol. The third-order valence-electron chi connectivity index (χ3n) is 2.70. The first-order valence-electron chi connectivity index (χ1n) is 5.58. The standard InChI is InChI=1S/C13H9BrN4O/c14-9-6-15-4-3-10(9)18-13(19)8-1-2-11-12(5-8)17-7-16-11/h1-7H,(H,16,17)(H,15,18,19). The van der Waals surface area contributed by atoms with Crippen LogP contribution in [0.5, 0.6) is 0 Å². The molecule has 0 aliphatic heterocycles. The number of aromatic amines is 1. The summed E-state index contributed by atoms with van der Waals surface area (Å²) in [6.45, 7) is 0. The molecule has 0 spiro atoms. The molecule has 3 aromatic rings. The van der Waals surface area contributed by atoms with Crippen LogP contribution in [-0.4, -0.2) is 20.9 Å². The van der Waals surface area contributed by atoms with Crippen LogP contribution in [0.3, 0.4) is 0 Å². The second-order valence-corrected chi connectivity index (χ2v) is 4.80. The van der Waals surface area contributed by atoms with E-state index in [1.165, 1.54) is 0 Å². The summed E-state index contributed by atoms with van der Waals surface area (Å²) in [6, 6.07) is 7.05. The predicted octanol–water partition coefficient (Wildman–Crippen LogP) is 2.97. The molecule has 94 valence electrons. The number of amides is 1. The fourth-order valence-electron chi connectivity index (χ4n) is 1.75. The molecule has 0 saturated carbocycles. The van der Waals surface area contributed by atoms with Gasteiger partial charge in [0.25, 0.3) is 5.91 Å². The van der Waals surface area contributed by atoms with Crippen molar-refractivity contribution in [3.05, 3.63) is 53.0 Å². The van der Waals surface area contributed by atoms with Crippen LogP contribution in [0.1, 0.15) is 10.4 Å². The van der Waals surface area contributed by atoms with Gasteiger partial charge in [0.2, 0.25) is 0 Å². The summed E-state index contributed by atoms with van der Waals surface area (Å²) in [5, 5.41) is 2.82. The van der Waals surface area contributed by atoms with E-state index in [9.17, 15) is 4.79 Å². The molecule has 0 radical (unpaired) electrons. The van der Waals surface area contributed by atoms with Gasteiger partial charge in [-0.1, -0.05) is 0 Å². The van der Waals surface area contributed by atoms with Crippen molar-refractivity contribution in [3.63, 3.8) is 0 Å². The van der Waals surface area contributed by atoms with E-state index < -0.39 is 0 Å². The number of carbonyl (C=O) groups excluding carboxylic acids is 1. The number of carbonyl (C=O) groups is 1. The zero-order chi connectivity index (χ0) is 13.2. The van der Waals surface area contributed by atoms with E-state index in [0.717, 1.165) is 15.5 Å². The maximum atomic E-state index is 12.1. The van der Waals surface area contributed by atoms with Gasteiger partial charge in [-0.3, -0.25) is 9.78 Å². The summed E-state index contributed by atoms with van der Waals surface area (Å²) in [5.41, 5.74) is 2.92. The second kappa shape index (κ2) is 4.81. The van der Waals surface area contributed by atoms with E-state index in [1.54, 1.807) is 36.9 Å². The highest BCUT2D eigenvalue weighted by Crippen LogP contribution is 2.21. The van der Waals surface area contributed by atoms with Crippen molar-refractivity contribution in [2.45, 2.75) is 0 Å². The molecule has 19 heavy (non-hydrogen) atoms. The quantitative estimate of drug-likeness (QED) is 0.763. The van der Waals surface area contributed by atoms with Gasteiger partial charge in [-0.15, -0.1) is 0 Å². The highest BCUT2D eigenvalue weighted by molar-refractivity contribution is 9.10. The lowest BCUT2D eigenvalue weighted by atomic mass is 10.2. The Balaban J connectivity index is 1.89. The van der Waals surface area contributed by atoms with E-state index in [1.807, 2.05) is 6.07 Å². The van der Waals surface area contributed by atoms with Crippen LogP contribution in [-0.2, 0) is 0 Å². The Morgan fingerprint density at radius 2 is 2.21 bits per heavy atom. The number of benzene rings is 1. The van der Waals surface area contributed by atoms with Gasteiger partial charge in [-0.05, 0) is 40.2 Å². The van der Waals surface area contributed by atoms with E-state index in [4.69, 9.17) is 0 Å². The number of nitrogens with zero attached hydrogens (tertiary/aromatic N) is 2. The number of hydrogen-bond donors (Lipinski definition) is 2. The number of H-pyrrole nitrogens is 1. The number of halogens is 1. The smallest absolute Gasteiger partial charge is 0.255 e. The number of anilines is 1. The van der Waals surface area contributed by atoms with Gasteiger partial charge >= 0.3 is 0 Å². The molecule has 0 aliphatic rings. The number of rotatable bonds is 2. The van der Waals surface area contributed by atoms with Crippen molar-refractivity contribution in [3.8, 4) is 0 Å². The van der Waals surface area contributed by atoms with Gasteiger partial charge in [0.05, 0.1) is 27.5 Å². The fraction of sp³-hybridized carbons (Fsp3) is 0. The lowest BCUT2D eigenvalue weighted by molar-refractivity contribution is 0.102. The van der Waals surface area contributed by atoms with Gasteiger partial charge in [0.15, 0.2) is 0 Å². The molecule has 1 amide bonds. The molecule has 2 N–H and O–H groups in total. The average molecular weight is 317 g/mol. The largest absolute Gasteiger partial charge is 0.345 e.